The van der Waals surface area contributed by atoms with Crippen LogP contribution in [0.3, 0.4) is 0 Å². The van der Waals surface area contributed by atoms with Crippen LogP contribution >= 0.6 is 0 Å². The summed E-state index contributed by atoms with van der Waals surface area (Å²) in [7, 11) is 2.01. The summed E-state index contributed by atoms with van der Waals surface area (Å²) in [6, 6.07) is 11.0. The van der Waals surface area contributed by atoms with Crippen molar-refractivity contribution in [3.8, 4) is 0 Å². The minimum atomic E-state index is 0.451. The third-order valence-corrected chi connectivity index (χ3v) is 2.54. The van der Waals surface area contributed by atoms with Gasteiger partial charge in [-0.1, -0.05) is 30.3 Å². The van der Waals surface area contributed by atoms with Crippen LogP contribution in [0.1, 0.15) is 31.4 Å². The SMILES string of the molecule is CCOCCCC(NC)c1ccccc1. The quantitative estimate of drug-likeness (QED) is 0.694. The first-order valence-corrected chi connectivity index (χ1v) is 5.68. The van der Waals surface area contributed by atoms with Gasteiger partial charge in [0.15, 0.2) is 0 Å². The van der Waals surface area contributed by atoms with Crippen LogP contribution in [0.4, 0.5) is 0 Å². The maximum absolute atomic E-state index is 5.34. The molecule has 15 heavy (non-hydrogen) atoms. The lowest BCUT2D eigenvalue weighted by atomic mass is 10.0. The van der Waals surface area contributed by atoms with Gasteiger partial charge in [-0.2, -0.15) is 0 Å². The van der Waals surface area contributed by atoms with Gasteiger partial charge in [-0.05, 0) is 32.4 Å². The Bertz CT molecular complexity index is 248. The lowest BCUT2D eigenvalue weighted by Gasteiger charge is -2.16. The fourth-order valence-corrected chi connectivity index (χ4v) is 1.70. The molecule has 0 saturated carbocycles. The molecular weight excluding hydrogens is 186 g/mol. The first-order valence-electron chi connectivity index (χ1n) is 5.68. The number of ether oxygens (including phenoxy) is 1. The molecule has 2 nitrogen and oxygen atoms in total. The standard InChI is InChI=1S/C13H21NO/c1-3-15-11-7-10-13(14-2)12-8-5-4-6-9-12/h4-6,8-9,13-14H,3,7,10-11H2,1-2H3. The first-order chi connectivity index (χ1) is 7.38. The van der Waals surface area contributed by atoms with Gasteiger partial charge in [-0.3, -0.25) is 0 Å². The van der Waals surface area contributed by atoms with Gasteiger partial charge in [-0.15, -0.1) is 0 Å². The van der Waals surface area contributed by atoms with Crippen LogP contribution in [-0.4, -0.2) is 20.3 Å². The third-order valence-electron chi connectivity index (χ3n) is 2.54. The Labute approximate surface area is 92.6 Å². The minimum Gasteiger partial charge on any atom is -0.382 e. The molecule has 0 aliphatic carbocycles. The molecule has 0 spiro atoms. The van der Waals surface area contributed by atoms with E-state index in [4.69, 9.17) is 4.74 Å². The van der Waals surface area contributed by atoms with Gasteiger partial charge >= 0.3 is 0 Å². The largest absolute Gasteiger partial charge is 0.382 e. The van der Waals surface area contributed by atoms with E-state index in [0.29, 0.717) is 6.04 Å². The van der Waals surface area contributed by atoms with E-state index in [2.05, 4.69) is 35.6 Å². The van der Waals surface area contributed by atoms with Crippen LogP contribution in [0, 0.1) is 0 Å². The number of rotatable bonds is 7. The van der Waals surface area contributed by atoms with E-state index >= 15 is 0 Å². The van der Waals surface area contributed by atoms with Crippen molar-refractivity contribution in [1.29, 1.82) is 0 Å². The second kappa shape index (κ2) is 7.43. The first kappa shape index (κ1) is 12.2. The molecule has 2 heteroatoms. The Morgan fingerprint density at radius 3 is 2.60 bits per heavy atom. The highest BCUT2D eigenvalue weighted by Gasteiger charge is 2.07. The van der Waals surface area contributed by atoms with Crippen molar-refractivity contribution in [3.63, 3.8) is 0 Å². The molecule has 0 amide bonds. The molecule has 1 atom stereocenters. The zero-order chi connectivity index (χ0) is 10.9. The smallest absolute Gasteiger partial charge is 0.0466 e. The molecule has 1 unspecified atom stereocenters. The van der Waals surface area contributed by atoms with Gasteiger partial charge in [0.1, 0.15) is 0 Å². The number of nitrogens with one attached hydrogen (secondary N) is 1. The van der Waals surface area contributed by atoms with Crippen LogP contribution < -0.4 is 5.32 Å². The van der Waals surface area contributed by atoms with E-state index in [1.54, 1.807) is 0 Å². The van der Waals surface area contributed by atoms with Crippen molar-refractivity contribution in [2.24, 2.45) is 0 Å². The molecule has 1 N–H and O–H groups in total. The normalized spacial score (nSPS) is 12.7. The van der Waals surface area contributed by atoms with E-state index < -0.39 is 0 Å². The molecule has 0 aliphatic rings. The molecule has 1 rings (SSSR count). The summed E-state index contributed by atoms with van der Waals surface area (Å²) in [5.74, 6) is 0. The van der Waals surface area contributed by atoms with Crippen LogP contribution in [0.2, 0.25) is 0 Å². The molecule has 0 bridgehead atoms. The average Bonchev–Trinajstić information content (AvgIpc) is 2.30. The van der Waals surface area contributed by atoms with Crippen LogP contribution in [0.25, 0.3) is 0 Å². The maximum Gasteiger partial charge on any atom is 0.0466 e. The van der Waals surface area contributed by atoms with Gasteiger partial charge in [0.25, 0.3) is 0 Å². The van der Waals surface area contributed by atoms with Crippen molar-refractivity contribution in [1.82, 2.24) is 5.32 Å². The summed E-state index contributed by atoms with van der Waals surface area (Å²) in [5.41, 5.74) is 1.36. The Morgan fingerprint density at radius 1 is 1.27 bits per heavy atom. The predicted octanol–water partition coefficient (Wildman–Crippen LogP) is 2.76. The molecule has 84 valence electrons. The third kappa shape index (κ3) is 4.45. The fourth-order valence-electron chi connectivity index (χ4n) is 1.70. The van der Waals surface area contributed by atoms with Crippen molar-refractivity contribution in [2.45, 2.75) is 25.8 Å². The number of hydrogen-bond donors (Lipinski definition) is 1. The van der Waals surface area contributed by atoms with Crippen molar-refractivity contribution >= 4 is 0 Å². The summed E-state index contributed by atoms with van der Waals surface area (Å²) < 4.78 is 5.34. The molecule has 0 aliphatic heterocycles. The summed E-state index contributed by atoms with van der Waals surface area (Å²) in [6.07, 6.45) is 2.23. The molecule has 1 aromatic rings. The van der Waals surface area contributed by atoms with E-state index in [-0.39, 0.29) is 0 Å². The summed E-state index contributed by atoms with van der Waals surface area (Å²) in [4.78, 5) is 0. The van der Waals surface area contributed by atoms with E-state index in [9.17, 15) is 0 Å². The Hall–Kier alpha value is -0.860. The molecule has 0 aromatic heterocycles. The Morgan fingerprint density at radius 2 is 2.00 bits per heavy atom. The zero-order valence-electron chi connectivity index (χ0n) is 9.70. The molecular formula is C13H21NO. The van der Waals surface area contributed by atoms with Crippen LogP contribution in [0.15, 0.2) is 30.3 Å². The second-order valence-electron chi connectivity index (χ2n) is 3.59. The molecule has 0 fully saturated rings. The van der Waals surface area contributed by atoms with Crippen molar-refractivity contribution in [2.75, 3.05) is 20.3 Å². The molecule has 0 saturated heterocycles. The molecule has 0 heterocycles. The van der Waals surface area contributed by atoms with Crippen LogP contribution in [0.5, 0.6) is 0 Å². The maximum atomic E-state index is 5.34. The van der Waals surface area contributed by atoms with E-state index in [1.807, 2.05) is 14.0 Å². The second-order valence-corrected chi connectivity index (χ2v) is 3.59. The average molecular weight is 207 g/mol. The van der Waals surface area contributed by atoms with Crippen molar-refractivity contribution < 1.29 is 4.74 Å². The predicted molar refractivity (Wildman–Crippen MR) is 64.0 cm³/mol. The summed E-state index contributed by atoms with van der Waals surface area (Å²) in [6.45, 7) is 3.71. The van der Waals surface area contributed by atoms with E-state index in [0.717, 1.165) is 26.1 Å². The Kier molecular flexibility index (Phi) is 6.05. The van der Waals surface area contributed by atoms with Gasteiger partial charge < -0.3 is 10.1 Å². The molecule has 1 aromatic carbocycles. The summed E-state index contributed by atoms with van der Waals surface area (Å²) >= 11 is 0. The minimum absolute atomic E-state index is 0.451. The topological polar surface area (TPSA) is 21.3 Å². The lowest BCUT2D eigenvalue weighted by Crippen LogP contribution is -2.16. The molecule has 0 radical (unpaired) electrons. The summed E-state index contributed by atoms with van der Waals surface area (Å²) in [5, 5.41) is 3.34. The van der Waals surface area contributed by atoms with E-state index in [1.165, 1.54) is 5.56 Å². The monoisotopic (exact) mass is 207 g/mol. The fraction of sp³-hybridized carbons (Fsp3) is 0.538. The van der Waals surface area contributed by atoms with Crippen molar-refractivity contribution in [3.05, 3.63) is 35.9 Å². The van der Waals surface area contributed by atoms with Gasteiger partial charge in [-0.25, -0.2) is 0 Å². The Balaban J connectivity index is 2.36. The highest BCUT2D eigenvalue weighted by atomic mass is 16.5. The van der Waals surface area contributed by atoms with Crippen LogP contribution in [-0.2, 0) is 4.74 Å². The zero-order valence-corrected chi connectivity index (χ0v) is 9.70. The highest BCUT2D eigenvalue weighted by Crippen LogP contribution is 2.17. The highest BCUT2D eigenvalue weighted by molar-refractivity contribution is 5.18. The lowest BCUT2D eigenvalue weighted by molar-refractivity contribution is 0.141. The van der Waals surface area contributed by atoms with Gasteiger partial charge in [0.05, 0.1) is 0 Å². The van der Waals surface area contributed by atoms with Gasteiger partial charge in [0, 0.05) is 19.3 Å². The van der Waals surface area contributed by atoms with Gasteiger partial charge in [0.2, 0.25) is 0 Å². The number of benzene rings is 1. The number of hydrogen-bond acceptors (Lipinski definition) is 2.